The minimum absolute atomic E-state index is 0.201. The fourth-order valence-electron chi connectivity index (χ4n) is 5.07. The number of hydrogen-bond donors (Lipinski definition) is 1. The van der Waals surface area contributed by atoms with Gasteiger partial charge in [-0.15, -0.1) is 0 Å². The second-order valence-electron chi connectivity index (χ2n) is 8.58. The van der Waals surface area contributed by atoms with E-state index in [2.05, 4.69) is 21.8 Å². The zero-order valence-corrected chi connectivity index (χ0v) is 18.1. The van der Waals surface area contributed by atoms with Gasteiger partial charge in [-0.05, 0) is 69.3 Å². The molecule has 3 unspecified atom stereocenters. The van der Waals surface area contributed by atoms with E-state index in [1.807, 2.05) is 37.3 Å². The first kappa shape index (κ1) is 20.6. The molecule has 29 heavy (non-hydrogen) atoms. The normalized spacial score (nSPS) is 24.4. The first-order valence-corrected chi connectivity index (χ1v) is 12.4. The van der Waals surface area contributed by atoms with Crippen molar-refractivity contribution in [3.05, 3.63) is 65.7 Å². The number of hydrogen-bond acceptors (Lipinski definition) is 3. The Hall–Kier alpha value is -1.69. The standard InChI is InChI=1S/C24H32N2O2S/c1-19-13-15-21(16-14-19)29(27,28)25-24(20-9-3-2-4-10-20)22-11-5-6-12-23(22)26-17-7-8-18-26/h2-4,9-10,13-16,22-25H,5-8,11-12,17-18H2,1H3. The average Bonchev–Trinajstić information content (AvgIpc) is 3.28. The zero-order chi connectivity index (χ0) is 20.3. The zero-order valence-electron chi connectivity index (χ0n) is 17.3. The van der Waals surface area contributed by atoms with Crippen molar-refractivity contribution in [2.75, 3.05) is 13.1 Å². The summed E-state index contributed by atoms with van der Waals surface area (Å²) in [6.07, 6.45) is 7.16. The second kappa shape index (κ2) is 8.99. The van der Waals surface area contributed by atoms with Crippen LogP contribution < -0.4 is 4.72 Å². The van der Waals surface area contributed by atoms with E-state index in [1.54, 1.807) is 12.1 Å². The molecular weight excluding hydrogens is 380 g/mol. The predicted molar refractivity (Wildman–Crippen MR) is 117 cm³/mol. The van der Waals surface area contributed by atoms with Gasteiger partial charge < -0.3 is 4.90 Å². The van der Waals surface area contributed by atoms with E-state index in [4.69, 9.17) is 0 Å². The Morgan fingerprint density at radius 3 is 2.24 bits per heavy atom. The lowest BCUT2D eigenvalue weighted by molar-refractivity contribution is 0.107. The van der Waals surface area contributed by atoms with Crippen molar-refractivity contribution in [2.45, 2.75) is 62.4 Å². The SMILES string of the molecule is Cc1ccc(S(=O)(=O)NC(c2ccccc2)C2CCCCC2N2CCCC2)cc1. The smallest absolute Gasteiger partial charge is 0.241 e. The molecule has 4 rings (SSSR count). The molecule has 0 radical (unpaired) electrons. The minimum Gasteiger partial charge on any atom is -0.300 e. The van der Waals surface area contributed by atoms with Gasteiger partial charge >= 0.3 is 0 Å². The number of likely N-dealkylation sites (tertiary alicyclic amines) is 1. The van der Waals surface area contributed by atoms with Crippen molar-refractivity contribution in [1.29, 1.82) is 0 Å². The number of nitrogens with zero attached hydrogens (tertiary/aromatic N) is 1. The highest BCUT2D eigenvalue weighted by Gasteiger charge is 2.38. The van der Waals surface area contributed by atoms with Crippen molar-refractivity contribution in [3.63, 3.8) is 0 Å². The molecule has 0 aromatic heterocycles. The van der Waals surface area contributed by atoms with Gasteiger partial charge in [-0.3, -0.25) is 0 Å². The van der Waals surface area contributed by atoms with Crippen molar-refractivity contribution in [3.8, 4) is 0 Å². The largest absolute Gasteiger partial charge is 0.300 e. The maximum Gasteiger partial charge on any atom is 0.241 e. The number of sulfonamides is 1. The highest BCUT2D eigenvalue weighted by Crippen LogP contribution is 2.39. The highest BCUT2D eigenvalue weighted by molar-refractivity contribution is 7.89. The van der Waals surface area contributed by atoms with Crippen LogP contribution >= 0.6 is 0 Å². The first-order chi connectivity index (χ1) is 14.0. The summed E-state index contributed by atoms with van der Waals surface area (Å²) in [5, 5.41) is 0. The summed E-state index contributed by atoms with van der Waals surface area (Å²) in [5.41, 5.74) is 2.13. The van der Waals surface area contributed by atoms with Crippen LogP contribution in [0.2, 0.25) is 0 Å². The Kier molecular flexibility index (Phi) is 6.38. The van der Waals surface area contributed by atoms with Gasteiger partial charge in [-0.2, -0.15) is 0 Å². The van der Waals surface area contributed by atoms with Gasteiger partial charge in [-0.25, -0.2) is 13.1 Å². The summed E-state index contributed by atoms with van der Waals surface area (Å²) in [6.45, 7) is 4.26. The maximum absolute atomic E-state index is 13.3. The van der Waals surface area contributed by atoms with Crippen molar-refractivity contribution < 1.29 is 8.42 Å². The Balaban J connectivity index is 1.67. The molecule has 0 bridgehead atoms. The summed E-state index contributed by atoms with van der Waals surface area (Å²) in [6, 6.07) is 17.5. The van der Waals surface area contributed by atoms with E-state index in [0.717, 1.165) is 30.6 Å². The average molecular weight is 413 g/mol. The molecule has 4 nitrogen and oxygen atoms in total. The second-order valence-corrected chi connectivity index (χ2v) is 10.3. The molecular formula is C24H32N2O2S. The number of benzene rings is 2. The monoisotopic (exact) mass is 412 g/mol. The highest BCUT2D eigenvalue weighted by atomic mass is 32.2. The van der Waals surface area contributed by atoms with E-state index >= 15 is 0 Å². The Labute approximate surface area is 175 Å². The molecule has 2 aromatic carbocycles. The van der Waals surface area contributed by atoms with E-state index in [9.17, 15) is 8.42 Å². The van der Waals surface area contributed by atoms with Crippen LogP contribution in [0, 0.1) is 12.8 Å². The summed E-state index contributed by atoms with van der Waals surface area (Å²) in [7, 11) is -3.59. The molecule has 2 aromatic rings. The lowest BCUT2D eigenvalue weighted by Gasteiger charge is -2.42. The molecule has 5 heteroatoms. The van der Waals surface area contributed by atoms with Crippen molar-refractivity contribution in [1.82, 2.24) is 9.62 Å². The molecule has 1 aliphatic carbocycles. The van der Waals surface area contributed by atoms with Crippen LogP contribution in [0.1, 0.15) is 55.7 Å². The third kappa shape index (κ3) is 4.73. The van der Waals surface area contributed by atoms with E-state index in [0.29, 0.717) is 16.9 Å². The van der Waals surface area contributed by atoms with Gasteiger partial charge in [0.1, 0.15) is 0 Å². The van der Waals surface area contributed by atoms with Crippen LogP contribution in [0.15, 0.2) is 59.5 Å². The number of rotatable bonds is 6. The lowest BCUT2D eigenvalue weighted by atomic mass is 9.77. The molecule has 1 saturated carbocycles. The molecule has 156 valence electrons. The van der Waals surface area contributed by atoms with Gasteiger partial charge in [0.05, 0.1) is 10.9 Å². The molecule has 2 aliphatic rings. The van der Waals surface area contributed by atoms with E-state index in [1.165, 1.54) is 32.1 Å². The van der Waals surface area contributed by atoms with Gasteiger partial charge in [0.25, 0.3) is 0 Å². The Bertz CT molecular complexity index is 890. The molecule has 1 aliphatic heterocycles. The summed E-state index contributed by atoms with van der Waals surface area (Å²) >= 11 is 0. The maximum atomic E-state index is 13.3. The first-order valence-electron chi connectivity index (χ1n) is 10.9. The number of aryl methyl sites for hydroxylation is 1. The molecule has 1 heterocycles. The van der Waals surface area contributed by atoms with Gasteiger partial charge in [0.15, 0.2) is 0 Å². The van der Waals surface area contributed by atoms with Crippen LogP contribution in [-0.4, -0.2) is 32.4 Å². The Morgan fingerprint density at radius 1 is 0.897 bits per heavy atom. The van der Waals surface area contributed by atoms with Crippen LogP contribution in [0.25, 0.3) is 0 Å². The van der Waals surface area contributed by atoms with Crippen LogP contribution in [0.5, 0.6) is 0 Å². The molecule has 1 N–H and O–H groups in total. The minimum atomic E-state index is -3.59. The quantitative estimate of drug-likeness (QED) is 0.750. The fraction of sp³-hybridized carbons (Fsp3) is 0.500. The molecule has 1 saturated heterocycles. The van der Waals surface area contributed by atoms with E-state index in [-0.39, 0.29) is 6.04 Å². The van der Waals surface area contributed by atoms with Crippen molar-refractivity contribution in [2.24, 2.45) is 5.92 Å². The van der Waals surface area contributed by atoms with Gasteiger partial charge in [0, 0.05) is 6.04 Å². The van der Waals surface area contributed by atoms with Gasteiger partial charge in [-0.1, -0.05) is 60.9 Å². The molecule has 3 atom stereocenters. The lowest BCUT2D eigenvalue weighted by Crippen LogP contribution is -2.47. The van der Waals surface area contributed by atoms with Crippen LogP contribution in [0.4, 0.5) is 0 Å². The van der Waals surface area contributed by atoms with E-state index < -0.39 is 10.0 Å². The topological polar surface area (TPSA) is 49.4 Å². The fourth-order valence-corrected chi connectivity index (χ4v) is 6.35. The summed E-state index contributed by atoms with van der Waals surface area (Å²) < 4.78 is 29.7. The predicted octanol–water partition coefficient (Wildman–Crippen LogP) is 4.67. The molecule has 2 fully saturated rings. The third-order valence-corrected chi connectivity index (χ3v) is 8.05. The van der Waals surface area contributed by atoms with Crippen molar-refractivity contribution >= 4 is 10.0 Å². The Morgan fingerprint density at radius 2 is 1.55 bits per heavy atom. The molecule has 0 amide bonds. The van der Waals surface area contributed by atoms with Crippen LogP contribution in [0.3, 0.4) is 0 Å². The summed E-state index contributed by atoms with van der Waals surface area (Å²) in [4.78, 5) is 2.96. The summed E-state index contributed by atoms with van der Waals surface area (Å²) in [5.74, 6) is 0.296. The molecule has 0 spiro atoms. The van der Waals surface area contributed by atoms with Gasteiger partial charge in [0.2, 0.25) is 10.0 Å². The number of nitrogens with one attached hydrogen (secondary N) is 1. The van der Waals surface area contributed by atoms with Crippen LogP contribution in [-0.2, 0) is 10.0 Å². The third-order valence-electron chi connectivity index (χ3n) is 6.59.